The van der Waals surface area contributed by atoms with E-state index in [1.165, 1.54) is 32.1 Å². The van der Waals surface area contributed by atoms with E-state index in [1.54, 1.807) is 19.5 Å². The molecule has 2 aromatic rings. The first-order valence-electron chi connectivity index (χ1n) is 9.70. The molecule has 27 heavy (non-hydrogen) atoms. The van der Waals surface area contributed by atoms with E-state index in [2.05, 4.69) is 10.3 Å². The van der Waals surface area contributed by atoms with Crippen LogP contribution in [0, 0.1) is 5.92 Å². The number of pyridine rings is 1. The molecule has 0 radical (unpaired) electrons. The van der Waals surface area contributed by atoms with Crippen LogP contribution in [0.3, 0.4) is 0 Å². The number of carbonyl (C=O) groups is 1. The Morgan fingerprint density at radius 1 is 1.07 bits per heavy atom. The van der Waals surface area contributed by atoms with E-state index < -0.39 is 0 Å². The van der Waals surface area contributed by atoms with Gasteiger partial charge in [0.05, 0.1) is 7.11 Å². The van der Waals surface area contributed by atoms with Crippen molar-refractivity contribution in [1.29, 1.82) is 0 Å². The third-order valence-electron chi connectivity index (χ3n) is 5.06. The van der Waals surface area contributed by atoms with Crippen molar-refractivity contribution >= 4 is 5.91 Å². The zero-order valence-electron chi connectivity index (χ0n) is 15.9. The van der Waals surface area contributed by atoms with Gasteiger partial charge < -0.3 is 14.8 Å². The van der Waals surface area contributed by atoms with Crippen molar-refractivity contribution in [2.24, 2.45) is 5.92 Å². The van der Waals surface area contributed by atoms with Gasteiger partial charge in [-0.3, -0.25) is 9.78 Å². The lowest BCUT2D eigenvalue weighted by molar-refractivity contribution is -0.122. The largest absolute Gasteiger partial charge is 0.493 e. The monoisotopic (exact) mass is 368 g/mol. The third-order valence-corrected chi connectivity index (χ3v) is 5.06. The average Bonchev–Trinajstić information content (AvgIpc) is 2.72. The summed E-state index contributed by atoms with van der Waals surface area (Å²) in [5.74, 6) is 2.05. The van der Waals surface area contributed by atoms with Crippen LogP contribution in [-0.4, -0.2) is 18.0 Å². The molecule has 0 aliphatic heterocycles. The molecule has 1 aliphatic rings. The number of amides is 1. The summed E-state index contributed by atoms with van der Waals surface area (Å²) < 4.78 is 11.3. The average molecular weight is 368 g/mol. The summed E-state index contributed by atoms with van der Waals surface area (Å²) in [5.41, 5.74) is 2.05. The molecule has 0 atom stereocenters. The molecule has 1 N–H and O–H groups in total. The normalized spacial score (nSPS) is 14.6. The minimum absolute atomic E-state index is 0.138. The van der Waals surface area contributed by atoms with Crippen LogP contribution in [0.25, 0.3) is 0 Å². The number of rotatable bonds is 8. The van der Waals surface area contributed by atoms with Crippen LogP contribution in [0.2, 0.25) is 0 Å². The first-order valence-corrected chi connectivity index (χ1v) is 9.70. The zero-order valence-corrected chi connectivity index (χ0v) is 15.9. The Kier molecular flexibility index (Phi) is 7.08. The quantitative estimate of drug-likeness (QED) is 0.756. The molecule has 0 spiro atoms. The molecule has 1 aromatic carbocycles. The number of nitrogens with zero attached hydrogens (tertiary/aromatic N) is 1. The lowest BCUT2D eigenvalue weighted by atomic mass is 9.87. The molecule has 5 heteroatoms. The lowest BCUT2D eigenvalue weighted by Crippen LogP contribution is -2.25. The highest BCUT2D eigenvalue weighted by Gasteiger charge is 2.17. The predicted octanol–water partition coefficient (Wildman–Crippen LogP) is 4.26. The van der Waals surface area contributed by atoms with Gasteiger partial charge in [-0.05, 0) is 54.2 Å². The van der Waals surface area contributed by atoms with E-state index in [1.807, 2.05) is 30.3 Å². The topological polar surface area (TPSA) is 60.5 Å². The number of aromatic nitrogens is 1. The fourth-order valence-electron chi connectivity index (χ4n) is 3.51. The minimum Gasteiger partial charge on any atom is -0.493 e. The van der Waals surface area contributed by atoms with Gasteiger partial charge in [0.15, 0.2) is 11.5 Å². The molecule has 1 heterocycles. The van der Waals surface area contributed by atoms with Gasteiger partial charge in [-0.15, -0.1) is 0 Å². The van der Waals surface area contributed by atoms with Crippen LogP contribution >= 0.6 is 0 Å². The molecule has 0 bridgehead atoms. The first kappa shape index (κ1) is 19.2. The molecule has 0 unspecified atom stereocenters. The summed E-state index contributed by atoms with van der Waals surface area (Å²) in [4.78, 5) is 16.2. The number of ether oxygens (including phenoxy) is 2. The molecule has 0 saturated heterocycles. The molecule has 1 aliphatic carbocycles. The fourth-order valence-corrected chi connectivity index (χ4v) is 3.51. The van der Waals surface area contributed by atoms with E-state index in [-0.39, 0.29) is 5.91 Å². The van der Waals surface area contributed by atoms with Gasteiger partial charge in [0.1, 0.15) is 6.61 Å². The Morgan fingerprint density at radius 2 is 1.85 bits per heavy atom. The number of carbonyl (C=O) groups excluding carboxylic acids is 1. The molecular weight excluding hydrogens is 340 g/mol. The van der Waals surface area contributed by atoms with Gasteiger partial charge in [-0.2, -0.15) is 0 Å². The van der Waals surface area contributed by atoms with Crippen molar-refractivity contribution in [2.45, 2.75) is 51.7 Å². The van der Waals surface area contributed by atoms with Gasteiger partial charge in [-0.25, -0.2) is 0 Å². The second kappa shape index (κ2) is 9.95. The molecule has 1 fully saturated rings. The van der Waals surface area contributed by atoms with Crippen molar-refractivity contribution < 1.29 is 14.3 Å². The van der Waals surface area contributed by atoms with Gasteiger partial charge >= 0.3 is 0 Å². The van der Waals surface area contributed by atoms with E-state index in [9.17, 15) is 4.79 Å². The summed E-state index contributed by atoms with van der Waals surface area (Å²) in [6.07, 6.45) is 10.3. The van der Waals surface area contributed by atoms with E-state index in [0.717, 1.165) is 11.1 Å². The molecule has 3 rings (SSSR count). The van der Waals surface area contributed by atoms with Gasteiger partial charge in [0.2, 0.25) is 5.91 Å². The second-order valence-electron chi connectivity index (χ2n) is 7.11. The SMILES string of the molecule is COc1cc(CNC(=O)CC2CCCCC2)ccc1OCc1ccncc1. The summed E-state index contributed by atoms with van der Waals surface area (Å²) in [6.45, 7) is 0.961. The molecule has 1 amide bonds. The van der Waals surface area contributed by atoms with Crippen LogP contribution < -0.4 is 14.8 Å². The Hall–Kier alpha value is -2.56. The minimum atomic E-state index is 0.138. The van der Waals surface area contributed by atoms with Crippen LogP contribution in [-0.2, 0) is 17.9 Å². The zero-order chi connectivity index (χ0) is 18.9. The molecule has 1 aromatic heterocycles. The Balaban J connectivity index is 1.51. The fraction of sp³-hybridized carbons (Fsp3) is 0.455. The van der Waals surface area contributed by atoms with Gasteiger partial charge in [0, 0.05) is 25.4 Å². The van der Waals surface area contributed by atoms with Crippen molar-refractivity contribution in [3.8, 4) is 11.5 Å². The molecule has 5 nitrogen and oxygen atoms in total. The highest BCUT2D eigenvalue weighted by atomic mass is 16.5. The highest BCUT2D eigenvalue weighted by Crippen LogP contribution is 2.29. The van der Waals surface area contributed by atoms with Crippen molar-refractivity contribution in [3.05, 3.63) is 53.9 Å². The summed E-state index contributed by atoms with van der Waals surface area (Å²) in [6, 6.07) is 9.61. The van der Waals surface area contributed by atoms with Crippen LogP contribution in [0.15, 0.2) is 42.7 Å². The predicted molar refractivity (Wildman–Crippen MR) is 105 cm³/mol. The van der Waals surface area contributed by atoms with Crippen molar-refractivity contribution in [1.82, 2.24) is 10.3 Å². The van der Waals surface area contributed by atoms with Crippen molar-refractivity contribution in [2.75, 3.05) is 7.11 Å². The van der Waals surface area contributed by atoms with E-state index in [0.29, 0.717) is 37.0 Å². The number of hydrogen-bond donors (Lipinski definition) is 1. The summed E-state index contributed by atoms with van der Waals surface area (Å²) >= 11 is 0. The smallest absolute Gasteiger partial charge is 0.220 e. The Morgan fingerprint density at radius 3 is 2.59 bits per heavy atom. The standard InChI is InChI=1S/C22H28N2O3/c1-26-21-13-19(15-24-22(25)14-17-5-3-2-4-6-17)7-8-20(21)27-16-18-9-11-23-12-10-18/h7-13,17H,2-6,14-16H2,1H3,(H,24,25). The molecule has 144 valence electrons. The summed E-state index contributed by atoms with van der Waals surface area (Å²) in [7, 11) is 1.63. The van der Waals surface area contributed by atoms with Crippen LogP contribution in [0.5, 0.6) is 11.5 Å². The Labute approximate surface area is 161 Å². The highest BCUT2D eigenvalue weighted by molar-refractivity contribution is 5.76. The molecule has 1 saturated carbocycles. The first-order chi connectivity index (χ1) is 13.2. The summed E-state index contributed by atoms with van der Waals surface area (Å²) in [5, 5.41) is 3.03. The maximum absolute atomic E-state index is 12.2. The lowest BCUT2D eigenvalue weighted by Gasteiger charge is -2.20. The van der Waals surface area contributed by atoms with Crippen LogP contribution in [0.4, 0.5) is 0 Å². The van der Waals surface area contributed by atoms with E-state index >= 15 is 0 Å². The Bertz CT molecular complexity index is 728. The van der Waals surface area contributed by atoms with Crippen molar-refractivity contribution in [3.63, 3.8) is 0 Å². The number of benzene rings is 1. The maximum Gasteiger partial charge on any atom is 0.220 e. The third kappa shape index (κ3) is 5.98. The maximum atomic E-state index is 12.2. The second-order valence-corrected chi connectivity index (χ2v) is 7.11. The molecular formula is C22H28N2O3. The number of hydrogen-bond acceptors (Lipinski definition) is 4. The van der Waals surface area contributed by atoms with E-state index in [4.69, 9.17) is 9.47 Å². The van der Waals surface area contributed by atoms with Gasteiger partial charge in [0.25, 0.3) is 0 Å². The van der Waals surface area contributed by atoms with Gasteiger partial charge in [-0.1, -0.05) is 25.3 Å². The number of nitrogens with one attached hydrogen (secondary N) is 1. The van der Waals surface area contributed by atoms with Crippen LogP contribution in [0.1, 0.15) is 49.7 Å². The number of methoxy groups -OCH3 is 1.